The highest BCUT2D eigenvalue weighted by Gasteiger charge is 2.22. The first-order chi connectivity index (χ1) is 9.58. The highest BCUT2D eigenvalue weighted by Crippen LogP contribution is 2.22. The minimum Gasteiger partial charge on any atom is -0.772 e. The largest absolute Gasteiger partial charge is 0.772 e. The zero-order chi connectivity index (χ0) is 14.5. The first kappa shape index (κ1) is 14.6. The average molecular weight is 287 g/mol. The zero-order valence-corrected chi connectivity index (χ0v) is 11.9. The maximum absolute atomic E-state index is 12.5. The van der Waals surface area contributed by atoms with E-state index in [4.69, 9.17) is 0 Å². The van der Waals surface area contributed by atoms with Crippen LogP contribution in [0.1, 0.15) is 27.4 Å². The lowest BCUT2D eigenvalue weighted by Crippen LogP contribution is -2.19. The second kappa shape index (κ2) is 6.59. The van der Waals surface area contributed by atoms with Gasteiger partial charge in [-0.2, -0.15) is 0 Å². The fourth-order valence-electron chi connectivity index (χ4n) is 2.06. The third-order valence-corrected chi connectivity index (χ3v) is 3.76. The molecular formula is C16H15O3S-. The van der Waals surface area contributed by atoms with E-state index in [-0.39, 0.29) is 11.5 Å². The van der Waals surface area contributed by atoms with Gasteiger partial charge in [0.25, 0.3) is 0 Å². The van der Waals surface area contributed by atoms with Crippen LogP contribution >= 0.6 is 0 Å². The van der Waals surface area contributed by atoms with E-state index < -0.39 is 17.0 Å². The van der Waals surface area contributed by atoms with E-state index >= 15 is 0 Å². The molecule has 0 spiro atoms. The molecule has 2 aromatic carbocycles. The topological polar surface area (TPSA) is 57.2 Å². The number of hydrogen-bond donors (Lipinski definition) is 0. The number of aryl methyl sites for hydroxylation is 1. The van der Waals surface area contributed by atoms with Gasteiger partial charge in [-0.15, -0.1) is 0 Å². The van der Waals surface area contributed by atoms with E-state index in [1.807, 2.05) is 37.3 Å². The molecule has 0 radical (unpaired) electrons. The van der Waals surface area contributed by atoms with Crippen molar-refractivity contribution in [3.63, 3.8) is 0 Å². The molecule has 0 amide bonds. The summed E-state index contributed by atoms with van der Waals surface area (Å²) in [6.45, 7) is 1.95. The number of ketones is 1. The van der Waals surface area contributed by atoms with Gasteiger partial charge < -0.3 is 4.55 Å². The number of hydrogen-bond acceptors (Lipinski definition) is 3. The molecule has 0 saturated carbocycles. The fraction of sp³-hybridized carbons (Fsp3) is 0.188. The van der Waals surface area contributed by atoms with Crippen LogP contribution in [-0.2, 0) is 11.1 Å². The van der Waals surface area contributed by atoms with Crippen molar-refractivity contribution >= 4 is 16.9 Å². The van der Waals surface area contributed by atoms with Gasteiger partial charge >= 0.3 is 0 Å². The van der Waals surface area contributed by atoms with Crippen molar-refractivity contribution in [2.45, 2.75) is 12.8 Å². The second-order valence-corrected chi connectivity index (χ2v) is 5.60. The van der Waals surface area contributed by atoms with Crippen LogP contribution in [0.2, 0.25) is 0 Å². The van der Waals surface area contributed by atoms with Crippen LogP contribution in [-0.4, -0.2) is 20.3 Å². The van der Waals surface area contributed by atoms with Crippen LogP contribution in [0.15, 0.2) is 54.6 Å². The molecule has 0 aliphatic heterocycles. The van der Waals surface area contributed by atoms with E-state index in [9.17, 15) is 13.6 Å². The van der Waals surface area contributed by atoms with Gasteiger partial charge in [0.15, 0.2) is 5.78 Å². The van der Waals surface area contributed by atoms with E-state index in [0.29, 0.717) is 5.56 Å². The molecule has 0 aromatic heterocycles. The molecule has 0 aliphatic rings. The quantitative estimate of drug-likeness (QED) is 0.627. The molecule has 0 bridgehead atoms. The van der Waals surface area contributed by atoms with E-state index in [1.54, 1.807) is 24.3 Å². The number of benzene rings is 2. The monoisotopic (exact) mass is 287 g/mol. The number of Topliss-reactive ketones (excluding diaryl/α,β-unsaturated/α-hetero) is 1. The molecule has 0 saturated heterocycles. The van der Waals surface area contributed by atoms with Crippen LogP contribution in [0.5, 0.6) is 0 Å². The van der Waals surface area contributed by atoms with Gasteiger partial charge in [-0.05, 0) is 12.5 Å². The summed E-state index contributed by atoms with van der Waals surface area (Å²) in [6.07, 6.45) is 0. The molecule has 0 fully saturated rings. The molecule has 2 rings (SSSR count). The predicted molar refractivity (Wildman–Crippen MR) is 78.5 cm³/mol. The molecule has 2 atom stereocenters. The molecule has 104 valence electrons. The van der Waals surface area contributed by atoms with Gasteiger partial charge in [0.05, 0.1) is 5.92 Å². The minimum atomic E-state index is -2.27. The summed E-state index contributed by atoms with van der Waals surface area (Å²) in [5.41, 5.74) is 2.33. The first-order valence-electron chi connectivity index (χ1n) is 6.29. The van der Waals surface area contributed by atoms with Crippen molar-refractivity contribution in [1.29, 1.82) is 0 Å². The lowest BCUT2D eigenvalue weighted by molar-refractivity contribution is 0.0967. The van der Waals surface area contributed by atoms with Gasteiger partial charge in [0.1, 0.15) is 0 Å². The van der Waals surface area contributed by atoms with Crippen molar-refractivity contribution in [3.8, 4) is 0 Å². The molecule has 4 heteroatoms. The molecule has 3 nitrogen and oxygen atoms in total. The Morgan fingerprint density at radius 3 is 2.25 bits per heavy atom. The molecule has 0 aliphatic carbocycles. The van der Waals surface area contributed by atoms with Crippen LogP contribution < -0.4 is 0 Å². The van der Waals surface area contributed by atoms with Crippen LogP contribution in [0.4, 0.5) is 0 Å². The van der Waals surface area contributed by atoms with Crippen molar-refractivity contribution in [3.05, 3.63) is 71.3 Å². The molecule has 0 heterocycles. The Hall–Kier alpha value is -1.78. The predicted octanol–water partition coefficient (Wildman–Crippen LogP) is 2.84. The van der Waals surface area contributed by atoms with Crippen molar-refractivity contribution in [2.24, 2.45) is 0 Å². The van der Waals surface area contributed by atoms with Gasteiger partial charge in [-0.1, -0.05) is 71.2 Å². The maximum atomic E-state index is 12.5. The Morgan fingerprint density at radius 1 is 1.10 bits per heavy atom. The van der Waals surface area contributed by atoms with Gasteiger partial charge in [0, 0.05) is 11.3 Å². The van der Waals surface area contributed by atoms with Gasteiger partial charge in [0.2, 0.25) is 0 Å². The normalized spacial score (nSPS) is 13.7. The van der Waals surface area contributed by atoms with Crippen LogP contribution in [0, 0.1) is 6.92 Å². The number of carbonyl (C=O) groups excluding carboxylic acids is 1. The van der Waals surface area contributed by atoms with E-state index in [0.717, 1.165) is 11.1 Å². The average Bonchev–Trinajstić information content (AvgIpc) is 2.46. The Kier molecular flexibility index (Phi) is 4.82. The van der Waals surface area contributed by atoms with Crippen molar-refractivity contribution in [2.75, 3.05) is 5.75 Å². The summed E-state index contributed by atoms with van der Waals surface area (Å²) < 4.78 is 22.1. The summed E-state index contributed by atoms with van der Waals surface area (Å²) in [5.74, 6) is -1.02. The summed E-state index contributed by atoms with van der Waals surface area (Å²) in [4.78, 5) is 12.5. The standard InChI is InChI=1S/C16H16O3S/c1-12-7-9-13(10-8-12)15(11-20(18)19)16(17)14-5-3-2-4-6-14/h2-10,15H,11H2,1H3,(H,18,19)/p-1. The third kappa shape index (κ3) is 3.62. The first-order valence-corrected chi connectivity index (χ1v) is 7.54. The number of carbonyl (C=O) groups is 1. The van der Waals surface area contributed by atoms with Crippen molar-refractivity contribution < 1.29 is 13.6 Å². The van der Waals surface area contributed by atoms with Crippen LogP contribution in [0.3, 0.4) is 0 Å². The highest BCUT2D eigenvalue weighted by atomic mass is 32.2. The lowest BCUT2D eigenvalue weighted by Gasteiger charge is -2.18. The second-order valence-electron chi connectivity index (χ2n) is 4.66. The lowest BCUT2D eigenvalue weighted by atomic mass is 9.92. The summed E-state index contributed by atoms with van der Waals surface area (Å²) in [7, 11) is 0. The molecule has 2 aromatic rings. The maximum Gasteiger partial charge on any atom is 0.171 e. The third-order valence-electron chi connectivity index (χ3n) is 3.16. The molecule has 20 heavy (non-hydrogen) atoms. The van der Waals surface area contributed by atoms with Crippen molar-refractivity contribution in [1.82, 2.24) is 0 Å². The Labute approximate surface area is 120 Å². The smallest absolute Gasteiger partial charge is 0.171 e. The fourth-order valence-corrected chi connectivity index (χ4v) is 2.68. The number of rotatable bonds is 5. The molecule has 2 unspecified atom stereocenters. The van der Waals surface area contributed by atoms with Crippen LogP contribution in [0.25, 0.3) is 0 Å². The Morgan fingerprint density at radius 2 is 1.70 bits per heavy atom. The summed E-state index contributed by atoms with van der Waals surface area (Å²) in [6, 6.07) is 16.2. The Balaban J connectivity index is 2.35. The summed E-state index contributed by atoms with van der Waals surface area (Å²) >= 11 is -2.27. The summed E-state index contributed by atoms with van der Waals surface area (Å²) in [5, 5.41) is 0. The van der Waals surface area contributed by atoms with Gasteiger partial charge in [-0.3, -0.25) is 9.00 Å². The van der Waals surface area contributed by atoms with E-state index in [2.05, 4.69) is 0 Å². The minimum absolute atomic E-state index is 0.168. The molecule has 0 N–H and O–H groups in total. The van der Waals surface area contributed by atoms with Gasteiger partial charge in [-0.25, -0.2) is 0 Å². The van der Waals surface area contributed by atoms with E-state index in [1.165, 1.54) is 0 Å². The zero-order valence-electron chi connectivity index (χ0n) is 11.1. The SMILES string of the molecule is Cc1ccc(C(CS(=O)[O-])C(=O)c2ccccc2)cc1. The molecular weight excluding hydrogens is 272 g/mol. The Bertz CT molecular complexity index is 605. The highest BCUT2D eigenvalue weighted by molar-refractivity contribution is 7.79.